The Morgan fingerprint density at radius 3 is 1.85 bits per heavy atom. The van der Waals surface area contributed by atoms with E-state index in [1.165, 1.54) is 0 Å². The van der Waals surface area contributed by atoms with Crippen LogP contribution in [-0.2, 0) is 22.7 Å². The number of amides is 2. The van der Waals surface area contributed by atoms with Crippen LogP contribution in [-0.4, -0.2) is 16.9 Å². The van der Waals surface area contributed by atoms with Crippen molar-refractivity contribution in [3.8, 4) is 5.75 Å². The van der Waals surface area contributed by atoms with Crippen molar-refractivity contribution in [3.63, 3.8) is 0 Å². The third kappa shape index (κ3) is 4.44. The largest absolute Gasteiger partial charge is 0.507 e. The van der Waals surface area contributed by atoms with Gasteiger partial charge in [0, 0.05) is 29.2 Å². The molecule has 3 N–H and O–H groups in total. The first-order valence-electron chi connectivity index (χ1n) is 5.78. The summed E-state index contributed by atoms with van der Waals surface area (Å²) in [5, 5.41) is 15.5. The van der Waals surface area contributed by atoms with Gasteiger partial charge in [-0.05, 0) is 24.3 Å². The highest BCUT2D eigenvalue weighted by Crippen LogP contribution is 2.27. The van der Waals surface area contributed by atoms with E-state index in [1.54, 1.807) is 12.1 Å². The van der Waals surface area contributed by atoms with Gasteiger partial charge in [0.2, 0.25) is 11.8 Å². The number of rotatable bonds is 6. The van der Waals surface area contributed by atoms with Gasteiger partial charge in [-0.25, -0.2) is 0 Å². The van der Waals surface area contributed by atoms with Crippen molar-refractivity contribution in [2.75, 3.05) is 0 Å². The van der Waals surface area contributed by atoms with Crippen molar-refractivity contribution in [1.82, 2.24) is 10.6 Å². The number of benzene rings is 1. The molecular formula is C14H15ClN2O3. The van der Waals surface area contributed by atoms with Crippen LogP contribution in [0, 0.1) is 0 Å². The van der Waals surface area contributed by atoms with Crippen LogP contribution in [0.3, 0.4) is 0 Å². The summed E-state index contributed by atoms with van der Waals surface area (Å²) in [6, 6.07) is 3.08. The number of hydrogen-bond acceptors (Lipinski definition) is 3. The molecule has 0 heterocycles. The summed E-state index contributed by atoms with van der Waals surface area (Å²) in [4.78, 5) is 22.2. The molecule has 1 aromatic rings. The van der Waals surface area contributed by atoms with E-state index in [-0.39, 0.29) is 30.7 Å². The Bertz CT molecular complexity index is 510. The smallest absolute Gasteiger partial charge is 0.243 e. The molecule has 0 atom stereocenters. The molecule has 2 amide bonds. The average molecular weight is 295 g/mol. The van der Waals surface area contributed by atoms with Crippen LogP contribution in [0.2, 0.25) is 5.02 Å². The maximum absolute atomic E-state index is 11.1. The van der Waals surface area contributed by atoms with Crippen molar-refractivity contribution in [2.24, 2.45) is 0 Å². The second-order valence-corrected chi connectivity index (χ2v) is 4.35. The first-order chi connectivity index (χ1) is 9.47. The van der Waals surface area contributed by atoms with Crippen molar-refractivity contribution in [3.05, 3.63) is 53.6 Å². The third-order valence-electron chi connectivity index (χ3n) is 2.51. The van der Waals surface area contributed by atoms with E-state index in [2.05, 4.69) is 23.8 Å². The summed E-state index contributed by atoms with van der Waals surface area (Å²) in [6.07, 6.45) is 2.26. The molecule has 1 aromatic carbocycles. The summed E-state index contributed by atoms with van der Waals surface area (Å²) in [7, 11) is 0. The maximum Gasteiger partial charge on any atom is 0.243 e. The van der Waals surface area contributed by atoms with Gasteiger partial charge >= 0.3 is 0 Å². The lowest BCUT2D eigenvalue weighted by Crippen LogP contribution is -2.22. The van der Waals surface area contributed by atoms with E-state index in [9.17, 15) is 14.7 Å². The lowest BCUT2D eigenvalue weighted by atomic mass is 10.1. The number of carbonyl (C=O) groups is 2. The molecule has 20 heavy (non-hydrogen) atoms. The van der Waals surface area contributed by atoms with Crippen LogP contribution >= 0.6 is 11.6 Å². The average Bonchev–Trinajstić information content (AvgIpc) is 2.45. The second kappa shape index (κ2) is 7.35. The molecule has 6 heteroatoms. The Hall–Kier alpha value is -2.27. The van der Waals surface area contributed by atoms with Gasteiger partial charge < -0.3 is 15.7 Å². The Kier molecular flexibility index (Phi) is 5.80. The predicted molar refractivity (Wildman–Crippen MR) is 77.2 cm³/mol. The van der Waals surface area contributed by atoms with Gasteiger partial charge in [0.1, 0.15) is 5.75 Å². The van der Waals surface area contributed by atoms with Gasteiger partial charge in [0.25, 0.3) is 0 Å². The molecule has 5 nitrogen and oxygen atoms in total. The number of aromatic hydroxyl groups is 1. The van der Waals surface area contributed by atoms with Gasteiger partial charge in [-0.3, -0.25) is 9.59 Å². The standard InChI is InChI=1S/C14H15ClN2O3/c1-3-12(18)16-7-9-5-11(15)6-10(14(9)20)8-17-13(19)4-2/h3-6,20H,1-2,7-8H2,(H,16,18)(H,17,19). The number of carbonyl (C=O) groups excluding carboxylic acids is 2. The summed E-state index contributed by atoms with van der Waals surface area (Å²) < 4.78 is 0. The highest BCUT2D eigenvalue weighted by Gasteiger charge is 2.10. The fraction of sp³-hybridized carbons (Fsp3) is 0.143. The third-order valence-corrected chi connectivity index (χ3v) is 2.73. The number of halogens is 1. The van der Waals surface area contributed by atoms with Gasteiger partial charge in [-0.1, -0.05) is 24.8 Å². The summed E-state index contributed by atoms with van der Waals surface area (Å²) in [5.74, 6) is -0.736. The lowest BCUT2D eigenvalue weighted by molar-refractivity contribution is -0.117. The quantitative estimate of drug-likeness (QED) is 0.698. The molecule has 1 rings (SSSR count). The van der Waals surface area contributed by atoms with Crippen molar-refractivity contribution >= 4 is 23.4 Å². The van der Waals surface area contributed by atoms with Crippen LogP contribution < -0.4 is 10.6 Å². The van der Waals surface area contributed by atoms with E-state index in [4.69, 9.17) is 11.6 Å². The molecule has 0 radical (unpaired) electrons. The fourth-order valence-electron chi connectivity index (χ4n) is 1.50. The normalized spacial score (nSPS) is 9.65. The number of hydrogen-bond donors (Lipinski definition) is 3. The summed E-state index contributed by atoms with van der Waals surface area (Å²) in [6.45, 7) is 6.88. The fourth-order valence-corrected chi connectivity index (χ4v) is 1.76. The highest BCUT2D eigenvalue weighted by atomic mass is 35.5. The minimum atomic E-state index is -0.356. The minimum Gasteiger partial charge on any atom is -0.507 e. The van der Waals surface area contributed by atoms with Gasteiger partial charge in [0.15, 0.2) is 0 Å². The van der Waals surface area contributed by atoms with E-state index in [0.717, 1.165) is 12.2 Å². The monoisotopic (exact) mass is 294 g/mol. The van der Waals surface area contributed by atoms with Gasteiger partial charge in [0.05, 0.1) is 0 Å². The molecule has 0 fully saturated rings. The molecule has 0 bridgehead atoms. The van der Waals surface area contributed by atoms with Crippen LogP contribution in [0.4, 0.5) is 0 Å². The molecule has 106 valence electrons. The second-order valence-electron chi connectivity index (χ2n) is 3.92. The molecule has 0 aliphatic rings. The topological polar surface area (TPSA) is 78.4 Å². The number of phenols is 1. The molecule has 0 spiro atoms. The number of phenolic OH excluding ortho intramolecular Hbond substituents is 1. The van der Waals surface area contributed by atoms with E-state index < -0.39 is 0 Å². The van der Waals surface area contributed by atoms with Gasteiger partial charge in [-0.2, -0.15) is 0 Å². The zero-order valence-corrected chi connectivity index (χ0v) is 11.5. The predicted octanol–water partition coefficient (Wildman–Crippen LogP) is 1.65. The van der Waals surface area contributed by atoms with Crippen molar-refractivity contribution in [1.29, 1.82) is 0 Å². The van der Waals surface area contributed by atoms with Gasteiger partial charge in [-0.15, -0.1) is 0 Å². The van der Waals surface area contributed by atoms with Crippen molar-refractivity contribution in [2.45, 2.75) is 13.1 Å². The lowest BCUT2D eigenvalue weighted by Gasteiger charge is -2.11. The van der Waals surface area contributed by atoms with Crippen molar-refractivity contribution < 1.29 is 14.7 Å². The first-order valence-corrected chi connectivity index (χ1v) is 6.16. The minimum absolute atomic E-state index is 0.0249. The van der Waals surface area contributed by atoms with Crippen LogP contribution in [0.5, 0.6) is 5.75 Å². The zero-order valence-electron chi connectivity index (χ0n) is 10.8. The Morgan fingerprint density at radius 2 is 1.50 bits per heavy atom. The van der Waals surface area contributed by atoms with Crippen LogP contribution in [0.1, 0.15) is 11.1 Å². The Balaban J connectivity index is 2.88. The van der Waals surface area contributed by atoms with Crippen LogP contribution in [0.25, 0.3) is 0 Å². The zero-order chi connectivity index (χ0) is 15.1. The maximum atomic E-state index is 11.1. The molecule has 0 aromatic heterocycles. The summed E-state index contributed by atoms with van der Waals surface area (Å²) in [5.41, 5.74) is 0.908. The highest BCUT2D eigenvalue weighted by molar-refractivity contribution is 6.30. The summed E-state index contributed by atoms with van der Waals surface area (Å²) >= 11 is 5.94. The Morgan fingerprint density at radius 1 is 1.10 bits per heavy atom. The van der Waals surface area contributed by atoms with E-state index >= 15 is 0 Å². The molecule has 0 aliphatic heterocycles. The van der Waals surface area contributed by atoms with Crippen LogP contribution in [0.15, 0.2) is 37.4 Å². The molecule has 0 saturated heterocycles. The van der Waals surface area contributed by atoms with E-state index in [0.29, 0.717) is 16.1 Å². The SMILES string of the molecule is C=CC(=O)NCc1cc(Cl)cc(CNC(=O)C=C)c1O. The number of nitrogens with one attached hydrogen (secondary N) is 2. The molecule has 0 saturated carbocycles. The molecule has 0 unspecified atom stereocenters. The van der Waals surface area contributed by atoms with E-state index in [1.807, 2.05) is 0 Å². The molecule has 0 aliphatic carbocycles. The molecular weight excluding hydrogens is 280 g/mol. The Labute approximate surface area is 121 Å². The first kappa shape index (κ1) is 15.8.